The third kappa shape index (κ3) is 5.57. The van der Waals surface area contributed by atoms with Crippen LogP contribution < -0.4 is 10.1 Å². The van der Waals surface area contributed by atoms with Gasteiger partial charge < -0.3 is 10.1 Å². The second kappa shape index (κ2) is 7.07. The van der Waals surface area contributed by atoms with Crippen LogP contribution in [0.25, 0.3) is 0 Å². The van der Waals surface area contributed by atoms with E-state index in [0.717, 1.165) is 0 Å². The first-order valence-electron chi connectivity index (χ1n) is 6.61. The third-order valence-electron chi connectivity index (χ3n) is 2.79. The first-order valence-corrected chi connectivity index (χ1v) is 6.61. The molecule has 23 heavy (non-hydrogen) atoms. The predicted octanol–water partition coefficient (Wildman–Crippen LogP) is 1.24. The van der Waals surface area contributed by atoms with Crippen LogP contribution in [0, 0.1) is 6.92 Å². The normalized spacial score (nSPS) is 11.3. The fraction of sp³-hybridized carbons (Fsp3) is 0.385. The summed E-state index contributed by atoms with van der Waals surface area (Å²) in [4.78, 5) is 11.8. The van der Waals surface area contributed by atoms with E-state index in [-0.39, 0.29) is 24.7 Å². The number of benzene rings is 1. The summed E-state index contributed by atoms with van der Waals surface area (Å²) in [6.07, 6.45) is -4.39. The zero-order valence-electron chi connectivity index (χ0n) is 12.2. The maximum atomic E-state index is 12.1. The summed E-state index contributed by atoms with van der Waals surface area (Å²) in [6.45, 7) is 0.419. The van der Waals surface area contributed by atoms with E-state index in [2.05, 4.69) is 25.6 Å². The van der Waals surface area contributed by atoms with Crippen LogP contribution >= 0.6 is 0 Å². The van der Waals surface area contributed by atoms with Crippen molar-refractivity contribution in [2.45, 2.75) is 26.2 Å². The average Bonchev–Trinajstić information content (AvgIpc) is 2.88. The highest BCUT2D eigenvalue weighted by molar-refractivity contribution is 5.75. The summed E-state index contributed by atoms with van der Waals surface area (Å²) >= 11 is 0. The lowest BCUT2D eigenvalue weighted by atomic mass is 10.2. The molecule has 0 saturated carbocycles. The SMILES string of the molecule is Cc1nnnn1CC(=O)NCc1cccc(OCC(F)(F)F)c1. The molecule has 0 aliphatic rings. The van der Waals surface area contributed by atoms with Crippen molar-refractivity contribution in [3.8, 4) is 5.75 Å². The molecule has 1 N–H and O–H groups in total. The molecule has 0 aliphatic carbocycles. The van der Waals surface area contributed by atoms with E-state index in [9.17, 15) is 18.0 Å². The number of rotatable bonds is 6. The Bertz CT molecular complexity index is 672. The lowest BCUT2D eigenvalue weighted by Crippen LogP contribution is -2.28. The number of halogens is 3. The van der Waals surface area contributed by atoms with Crippen LogP contribution in [-0.2, 0) is 17.9 Å². The van der Waals surface area contributed by atoms with Gasteiger partial charge in [-0.25, -0.2) is 4.68 Å². The van der Waals surface area contributed by atoms with E-state index in [1.165, 1.54) is 16.8 Å². The highest BCUT2D eigenvalue weighted by Gasteiger charge is 2.28. The van der Waals surface area contributed by atoms with Gasteiger partial charge in [0.2, 0.25) is 5.91 Å². The standard InChI is InChI=1S/C13H14F3N5O2/c1-9-18-19-20-21(9)7-12(22)17-6-10-3-2-4-11(5-10)23-8-13(14,15)16/h2-5H,6-8H2,1H3,(H,17,22). The second-order valence-electron chi connectivity index (χ2n) is 4.71. The van der Waals surface area contributed by atoms with E-state index in [4.69, 9.17) is 0 Å². The Morgan fingerprint density at radius 1 is 1.39 bits per heavy atom. The first kappa shape index (κ1) is 16.7. The molecule has 0 bridgehead atoms. The zero-order valence-corrected chi connectivity index (χ0v) is 12.2. The summed E-state index contributed by atoms with van der Waals surface area (Å²) in [5.41, 5.74) is 0.617. The first-order chi connectivity index (χ1) is 10.8. The molecular weight excluding hydrogens is 315 g/mol. The average molecular weight is 329 g/mol. The minimum atomic E-state index is -4.39. The van der Waals surface area contributed by atoms with Gasteiger partial charge in [-0.2, -0.15) is 13.2 Å². The summed E-state index contributed by atoms with van der Waals surface area (Å²) in [5.74, 6) is 0.273. The van der Waals surface area contributed by atoms with Gasteiger partial charge in [0, 0.05) is 6.54 Å². The number of tetrazole rings is 1. The molecule has 0 radical (unpaired) electrons. The molecule has 0 aliphatic heterocycles. The molecule has 2 rings (SSSR count). The van der Waals surface area contributed by atoms with Crippen molar-refractivity contribution in [2.75, 3.05) is 6.61 Å². The van der Waals surface area contributed by atoms with Gasteiger partial charge in [-0.05, 0) is 35.0 Å². The number of aromatic nitrogens is 4. The van der Waals surface area contributed by atoms with Crippen LogP contribution in [0.15, 0.2) is 24.3 Å². The summed E-state index contributed by atoms with van der Waals surface area (Å²) in [6, 6.07) is 6.08. The van der Waals surface area contributed by atoms with Crippen LogP contribution in [0.5, 0.6) is 5.75 Å². The monoisotopic (exact) mass is 329 g/mol. The van der Waals surface area contributed by atoms with Crippen molar-refractivity contribution in [3.63, 3.8) is 0 Å². The Balaban J connectivity index is 1.85. The molecule has 0 unspecified atom stereocenters. The van der Waals surface area contributed by atoms with Crippen molar-refractivity contribution < 1.29 is 22.7 Å². The van der Waals surface area contributed by atoms with Gasteiger partial charge >= 0.3 is 6.18 Å². The molecule has 0 spiro atoms. The summed E-state index contributed by atoms with van der Waals surface area (Å²) in [7, 11) is 0. The van der Waals surface area contributed by atoms with Crippen molar-refractivity contribution >= 4 is 5.91 Å². The number of nitrogens with one attached hydrogen (secondary N) is 1. The van der Waals surface area contributed by atoms with E-state index < -0.39 is 12.8 Å². The number of hydrogen-bond donors (Lipinski definition) is 1. The van der Waals surface area contributed by atoms with Gasteiger partial charge in [-0.3, -0.25) is 4.79 Å². The Hall–Kier alpha value is -2.65. The smallest absolute Gasteiger partial charge is 0.422 e. The van der Waals surface area contributed by atoms with Crippen LogP contribution in [-0.4, -0.2) is 38.9 Å². The molecule has 1 aromatic carbocycles. The number of carbonyl (C=O) groups is 1. The highest BCUT2D eigenvalue weighted by Crippen LogP contribution is 2.19. The fourth-order valence-corrected chi connectivity index (χ4v) is 1.70. The molecule has 1 aromatic heterocycles. The number of hydrogen-bond acceptors (Lipinski definition) is 5. The van der Waals surface area contributed by atoms with Crippen LogP contribution in [0.4, 0.5) is 13.2 Å². The number of amides is 1. The zero-order chi connectivity index (χ0) is 16.9. The number of ether oxygens (including phenoxy) is 1. The Morgan fingerprint density at radius 2 is 2.17 bits per heavy atom. The third-order valence-corrected chi connectivity index (χ3v) is 2.79. The van der Waals surface area contributed by atoms with Crippen molar-refractivity contribution in [1.29, 1.82) is 0 Å². The second-order valence-corrected chi connectivity index (χ2v) is 4.71. The minimum absolute atomic E-state index is 0.0386. The Kier molecular flexibility index (Phi) is 5.14. The molecule has 7 nitrogen and oxygen atoms in total. The number of aryl methyl sites for hydroxylation is 1. The minimum Gasteiger partial charge on any atom is -0.484 e. The maximum absolute atomic E-state index is 12.1. The van der Waals surface area contributed by atoms with Crippen LogP contribution in [0.2, 0.25) is 0 Å². The molecule has 0 fully saturated rings. The summed E-state index contributed by atoms with van der Waals surface area (Å²) < 4.78 is 42.3. The number of alkyl halides is 3. The quantitative estimate of drug-likeness (QED) is 0.862. The van der Waals surface area contributed by atoms with Gasteiger partial charge in [0.05, 0.1) is 0 Å². The van der Waals surface area contributed by atoms with Gasteiger partial charge in [-0.1, -0.05) is 12.1 Å². The molecule has 0 saturated heterocycles. The fourth-order valence-electron chi connectivity index (χ4n) is 1.70. The van der Waals surface area contributed by atoms with Crippen LogP contribution in [0.3, 0.4) is 0 Å². The largest absolute Gasteiger partial charge is 0.484 e. The lowest BCUT2D eigenvalue weighted by Gasteiger charge is -2.10. The molecule has 0 atom stereocenters. The highest BCUT2D eigenvalue weighted by atomic mass is 19.4. The van der Waals surface area contributed by atoms with Gasteiger partial charge in [0.1, 0.15) is 18.1 Å². The van der Waals surface area contributed by atoms with Gasteiger partial charge in [-0.15, -0.1) is 5.10 Å². The summed E-state index contributed by atoms with van der Waals surface area (Å²) in [5, 5.41) is 13.3. The van der Waals surface area contributed by atoms with E-state index in [0.29, 0.717) is 11.4 Å². The molecule has 1 amide bonds. The predicted molar refractivity (Wildman–Crippen MR) is 72.4 cm³/mol. The maximum Gasteiger partial charge on any atom is 0.422 e. The van der Waals surface area contributed by atoms with Crippen molar-refractivity contribution in [1.82, 2.24) is 25.5 Å². The molecule has 2 aromatic rings. The Morgan fingerprint density at radius 3 is 2.83 bits per heavy atom. The number of carbonyl (C=O) groups excluding carboxylic acids is 1. The topological polar surface area (TPSA) is 81.9 Å². The number of nitrogens with zero attached hydrogens (tertiary/aromatic N) is 4. The van der Waals surface area contributed by atoms with E-state index >= 15 is 0 Å². The van der Waals surface area contributed by atoms with Crippen molar-refractivity contribution in [2.24, 2.45) is 0 Å². The lowest BCUT2D eigenvalue weighted by molar-refractivity contribution is -0.153. The van der Waals surface area contributed by atoms with E-state index in [1.54, 1.807) is 19.1 Å². The van der Waals surface area contributed by atoms with Crippen LogP contribution in [0.1, 0.15) is 11.4 Å². The van der Waals surface area contributed by atoms with Gasteiger partial charge in [0.15, 0.2) is 6.61 Å². The van der Waals surface area contributed by atoms with Crippen molar-refractivity contribution in [3.05, 3.63) is 35.7 Å². The van der Waals surface area contributed by atoms with Gasteiger partial charge in [0.25, 0.3) is 0 Å². The molecule has 1 heterocycles. The molecular formula is C13H14F3N5O2. The molecule has 124 valence electrons. The Labute approximate surface area is 129 Å². The van der Waals surface area contributed by atoms with E-state index in [1.807, 2.05) is 0 Å². The molecule has 10 heteroatoms.